The van der Waals surface area contributed by atoms with Crippen molar-refractivity contribution < 1.29 is 17.9 Å². The van der Waals surface area contributed by atoms with E-state index in [1.54, 1.807) is 36.1 Å². The molecule has 22 heavy (non-hydrogen) atoms. The number of aryl methyl sites for hydroxylation is 1. The van der Waals surface area contributed by atoms with Gasteiger partial charge in [0.2, 0.25) is 0 Å². The number of anilines is 1. The summed E-state index contributed by atoms with van der Waals surface area (Å²) >= 11 is 0. The summed E-state index contributed by atoms with van der Waals surface area (Å²) in [5.74, 6) is -0.283. The largest absolute Gasteiger partial charge is 0.573 e. The lowest BCUT2D eigenvalue weighted by Crippen LogP contribution is -2.17. The number of hydrogen-bond donors (Lipinski definition) is 1. The topological polar surface area (TPSA) is 53.1 Å². The second-order valence-corrected chi connectivity index (χ2v) is 4.84. The smallest absolute Gasteiger partial charge is 0.406 e. The summed E-state index contributed by atoms with van der Waals surface area (Å²) in [5.41, 5.74) is 8.48. The molecule has 114 valence electrons. The molecule has 0 amide bonds. The normalized spacial score (nSPS) is 11.8. The Morgan fingerprint density at radius 1 is 1.18 bits per heavy atom. The van der Waals surface area contributed by atoms with E-state index in [-0.39, 0.29) is 5.75 Å². The lowest BCUT2D eigenvalue weighted by atomic mass is 10.0. The first-order chi connectivity index (χ1) is 10.3. The Kier molecular flexibility index (Phi) is 3.20. The molecule has 2 aromatic carbocycles. The van der Waals surface area contributed by atoms with Crippen molar-refractivity contribution in [3.63, 3.8) is 0 Å². The Bertz CT molecular complexity index is 840. The third-order valence-electron chi connectivity index (χ3n) is 3.30. The van der Waals surface area contributed by atoms with Crippen LogP contribution in [-0.4, -0.2) is 16.1 Å². The van der Waals surface area contributed by atoms with Gasteiger partial charge in [-0.25, -0.2) is 0 Å². The van der Waals surface area contributed by atoms with Gasteiger partial charge in [0.05, 0.1) is 11.7 Å². The molecule has 0 atom stereocenters. The maximum atomic E-state index is 12.3. The molecule has 0 aliphatic heterocycles. The van der Waals surface area contributed by atoms with E-state index >= 15 is 0 Å². The van der Waals surface area contributed by atoms with Gasteiger partial charge in [-0.1, -0.05) is 12.1 Å². The summed E-state index contributed by atoms with van der Waals surface area (Å²) in [6, 6.07) is 9.26. The summed E-state index contributed by atoms with van der Waals surface area (Å²) < 4.78 is 42.6. The SMILES string of the molecule is Cn1ncc2cc(N)c(-c3cccc(OC(F)(F)F)c3)cc21. The van der Waals surface area contributed by atoms with Crippen LogP contribution in [0.15, 0.2) is 42.6 Å². The van der Waals surface area contributed by atoms with Crippen molar-refractivity contribution >= 4 is 16.6 Å². The van der Waals surface area contributed by atoms with Crippen molar-refractivity contribution in [1.29, 1.82) is 0 Å². The van der Waals surface area contributed by atoms with Crippen molar-refractivity contribution in [2.45, 2.75) is 6.36 Å². The molecule has 0 fully saturated rings. The molecule has 0 saturated heterocycles. The maximum absolute atomic E-state index is 12.3. The summed E-state index contributed by atoms with van der Waals surface area (Å²) in [5, 5.41) is 4.99. The number of fused-ring (bicyclic) bond motifs is 1. The van der Waals surface area contributed by atoms with Gasteiger partial charge in [-0.3, -0.25) is 4.68 Å². The first-order valence-corrected chi connectivity index (χ1v) is 6.41. The van der Waals surface area contributed by atoms with Crippen molar-refractivity contribution in [2.24, 2.45) is 7.05 Å². The predicted molar refractivity (Wildman–Crippen MR) is 77.2 cm³/mol. The zero-order valence-corrected chi connectivity index (χ0v) is 11.6. The second kappa shape index (κ2) is 4.94. The number of hydrogen-bond acceptors (Lipinski definition) is 3. The van der Waals surface area contributed by atoms with Gasteiger partial charge in [-0.15, -0.1) is 13.2 Å². The number of nitrogens with two attached hydrogens (primary N) is 1. The highest BCUT2D eigenvalue weighted by atomic mass is 19.4. The molecule has 4 nitrogen and oxygen atoms in total. The van der Waals surface area contributed by atoms with Crippen LogP contribution in [0, 0.1) is 0 Å². The van der Waals surface area contributed by atoms with Crippen LogP contribution in [0.1, 0.15) is 0 Å². The molecule has 0 saturated carbocycles. The Hall–Kier alpha value is -2.70. The van der Waals surface area contributed by atoms with Crippen molar-refractivity contribution in [3.05, 3.63) is 42.6 Å². The zero-order valence-electron chi connectivity index (χ0n) is 11.6. The van der Waals surface area contributed by atoms with Gasteiger partial charge in [0.25, 0.3) is 0 Å². The minimum absolute atomic E-state index is 0.283. The van der Waals surface area contributed by atoms with Crippen LogP contribution in [0.3, 0.4) is 0 Å². The molecular weight excluding hydrogens is 295 g/mol. The summed E-state index contributed by atoms with van der Waals surface area (Å²) in [7, 11) is 1.78. The number of halogens is 3. The average molecular weight is 307 g/mol. The van der Waals surface area contributed by atoms with Crippen LogP contribution < -0.4 is 10.5 Å². The number of alkyl halides is 3. The molecular formula is C15H12F3N3O. The first kappa shape index (κ1) is 14.2. The summed E-state index contributed by atoms with van der Waals surface area (Å²) in [6.07, 6.45) is -3.05. The van der Waals surface area contributed by atoms with Crippen LogP contribution in [0.5, 0.6) is 5.75 Å². The first-order valence-electron chi connectivity index (χ1n) is 6.41. The van der Waals surface area contributed by atoms with Crippen LogP contribution >= 0.6 is 0 Å². The molecule has 0 spiro atoms. The zero-order chi connectivity index (χ0) is 15.9. The van der Waals surface area contributed by atoms with E-state index in [2.05, 4.69) is 9.84 Å². The molecule has 2 N–H and O–H groups in total. The predicted octanol–water partition coefficient (Wildman–Crippen LogP) is 3.72. The number of ether oxygens (including phenoxy) is 1. The molecule has 0 unspecified atom stereocenters. The monoisotopic (exact) mass is 307 g/mol. The quantitative estimate of drug-likeness (QED) is 0.734. The Morgan fingerprint density at radius 2 is 1.95 bits per heavy atom. The van der Waals surface area contributed by atoms with E-state index < -0.39 is 6.36 Å². The minimum atomic E-state index is -4.73. The average Bonchev–Trinajstić information content (AvgIpc) is 2.77. The third kappa shape index (κ3) is 2.69. The van der Waals surface area contributed by atoms with Crippen LogP contribution in [0.25, 0.3) is 22.0 Å². The number of nitrogen functional groups attached to an aromatic ring is 1. The van der Waals surface area contributed by atoms with Crippen LogP contribution in [0.2, 0.25) is 0 Å². The fraction of sp³-hybridized carbons (Fsp3) is 0.133. The highest BCUT2D eigenvalue weighted by Gasteiger charge is 2.31. The van der Waals surface area contributed by atoms with Gasteiger partial charge in [0.1, 0.15) is 5.75 Å². The van der Waals surface area contributed by atoms with E-state index in [9.17, 15) is 13.2 Å². The van der Waals surface area contributed by atoms with Gasteiger partial charge in [0, 0.05) is 23.7 Å². The standard InChI is InChI=1S/C15H12F3N3O/c1-21-14-7-12(13(19)6-10(14)8-20-21)9-3-2-4-11(5-9)22-15(16,17)18/h2-8H,19H2,1H3. The van der Waals surface area contributed by atoms with Crippen molar-refractivity contribution in [3.8, 4) is 16.9 Å². The Labute approximate surface area is 123 Å². The van der Waals surface area contributed by atoms with E-state index in [0.29, 0.717) is 16.8 Å². The highest BCUT2D eigenvalue weighted by Crippen LogP contribution is 2.33. The number of nitrogens with zero attached hydrogens (tertiary/aromatic N) is 2. The molecule has 0 aliphatic carbocycles. The number of aromatic nitrogens is 2. The van der Waals surface area contributed by atoms with Crippen molar-refractivity contribution in [2.75, 3.05) is 5.73 Å². The molecule has 7 heteroatoms. The van der Waals surface area contributed by atoms with Crippen LogP contribution in [-0.2, 0) is 7.05 Å². The molecule has 0 bridgehead atoms. The van der Waals surface area contributed by atoms with Crippen molar-refractivity contribution in [1.82, 2.24) is 9.78 Å². The molecule has 3 rings (SSSR count). The molecule has 0 radical (unpaired) electrons. The minimum Gasteiger partial charge on any atom is -0.406 e. The fourth-order valence-electron chi connectivity index (χ4n) is 2.33. The Morgan fingerprint density at radius 3 is 2.68 bits per heavy atom. The van der Waals surface area contributed by atoms with Crippen LogP contribution in [0.4, 0.5) is 18.9 Å². The third-order valence-corrected chi connectivity index (χ3v) is 3.30. The van der Waals surface area contributed by atoms with Gasteiger partial charge in [0.15, 0.2) is 0 Å². The van der Waals surface area contributed by atoms with Gasteiger partial charge >= 0.3 is 6.36 Å². The molecule has 3 aromatic rings. The lowest BCUT2D eigenvalue weighted by molar-refractivity contribution is -0.274. The summed E-state index contributed by atoms with van der Waals surface area (Å²) in [6.45, 7) is 0. The lowest BCUT2D eigenvalue weighted by Gasteiger charge is -2.11. The summed E-state index contributed by atoms with van der Waals surface area (Å²) in [4.78, 5) is 0. The van der Waals surface area contributed by atoms with E-state index in [1.165, 1.54) is 18.2 Å². The second-order valence-electron chi connectivity index (χ2n) is 4.84. The van der Waals surface area contributed by atoms with E-state index in [0.717, 1.165) is 10.9 Å². The van der Waals surface area contributed by atoms with Gasteiger partial charge in [-0.2, -0.15) is 5.10 Å². The highest BCUT2D eigenvalue weighted by molar-refractivity contribution is 5.91. The van der Waals surface area contributed by atoms with Gasteiger partial charge < -0.3 is 10.5 Å². The Balaban J connectivity index is 2.09. The molecule has 1 aromatic heterocycles. The molecule has 0 aliphatic rings. The van der Waals surface area contributed by atoms with Gasteiger partial charge in [-0.05, 0) is 29.8 Å². The fourth-order valence-corrected chi connectivity index (χ4v) is 2.33. The molecule has 1 heterocycles. The number of rotatable bonds is 2. The maximum Gasteiger partial charge on any atom is 0.573 e. The van der Waals surface area contributed by atoms with E-state index in [1.807, 2.05) is 0 Å². The van der Waals surface area contributed by atoms with E-state index in [4.69, 9.17) is 5.73 Å². The number of benzene rings is 2.